The largest absolute Gasteiger partial charge is 0.378 e. The first-order chi connectivity index (χ1) is 14.2. The summed E-state index contributed by atoms with van der Waals surface area (Å²) >= 11 is 0. The molecule has 0 amide bonds. The molecule has 0 atom stereocenters. The lowest BCUT2D eigenvalue weighted by atomic mass is 10.1. The number of fused-ring (bicyclic) bond motifs is 1. The Kier molecular flexibility index (Phi) is 4.92. The van der Waals surface area contributed by atoms with E-state index in [0.717, 1.165) is 66.1 Å². The number of nitrogens with one attached hydrogen (secondary N) is 1. The van der Waals surface area contributed by atoms with Gasteiger partial charge in [-0.05, 0) is 25.0 Å². The number of hydrogen-bond acceptors (Lipinski definition) is 7. The van der Waals surface area contributed by atoms with E-state index in [4.69, 9.17) is 14.1 Å². The molecular formula is C20H24N6O2S. The van der Waals surface area contributed by atoms with Crippen molar-refractivity contribution < 1.29 is 8.95 Å². The van der Waals surface area contributed by atoms with Crippen molar-refractivity contribution in [3.63, 3.8) is 0 Å². The molecule has 152 valence electrons. The van der Waals surface area contributed by atoms with Crippen LogP contribution in [0.5, 0.6) is 0 Å². The van der Waals surface area contributed by atoms with E-state index in [0.29, 0.717) is 24.7 Å². The number of nitrogens with zero attached hydrogens (tertiary/aromatic N) is 5. The maximum atomic E-state index is 13.4. The number of ether oxygens (including phenoxy) is 1. The molecule has 2 saturated heterocycles. The molecular weight excluding hydrogens is 388 g/mol. The van der Waals surface area contributed by atoms with E-state index in [1.54, 1.807) is 12.4 Å². The number of aromatic nitrogens is 4. The van der Waals surface area contributed by atoms with Gasteiger partial charge in [-0.2, -0.15) is 9.46 Å². The minimum atomic E-state index is -2.24. The SMILES string of the molecule is O=S1(=Nc2cc(N3CCOCC3)nc3c(-c4ccn[nH]4)nccc23)CCCCC1. The van der Waals surface area contributed by atoms with Gasteiger partial charge in [-0.25, -0.2) is 9.19 Å². The molecule has 1 N–H and O–H groups in total. The normalized spacial score (nSPS) is 19.4. The van der Waals surface area contributed by atoms with E-state index in [1.807, 2.05) is 18.2 Å². The first-order valence-corrected chi connectivity index (χ1v) is 11.9. The third-order valence-electron chi connectivity index (χ3n) is 5.47. The highest BCUT2D eigenvalue weighted by Gasteiger charge is 2.20. The Morgan fingerprint density at radius 1 is 1.10 bits per heavy atom. The number of hydrogen-bond donors (Lipinski definition) is 1. The molecule has 3 aromatic heterocycles. The molecule has 0 radical (unpaired) electrons. The molecule has 3 aromatic rings. The average Bonchev–Trinajstić information content (AvgIpc) is 3.29. The molecule has 9 heteroatoms. The summed E-state index contributed by atoms with van der Waals surface area (Å²) in [4.78, 5) is 11.7. The first-order valence-electron chi connectivity index (χ1n) is 10.1. The highest BCUT2D eigenvalue weighted by atomic mass is 32.2. The van der Waals surface area contributed by atoms with Gasteiger partial charge < -0.3 is 9.64 Å². The predicted molar refractivity (Wildman–Crippen MR) is 114 cm³/mol. The van der Waals surface area contributed by atoms with Crippen LogP contribution in [-0.4, -0.2) is 62.2 Å². The van der Waals surface area contributed by atoms with E-state index in [-0.39, 0.29) is 0 Å². The van der Waals surface area contributed by atoms with Gasteiger partial charge in [0.1, 0.15) is 17.0 Å². The third kappa shape index (κ3) is 3.72. The topological polar surface area (TPSA) is 96.4 Å². The van der Waals surface area contributed by atoms with Crippen molar-refractivity contribution in [2.75, 3.05) is 42.7 Å². The summed E-state index contributed by atoms with van der Waals surface area (Å²) in [6, 6.07) is 5.77. The van der Waals surface area contributed by atoms with Crippen LogP contribution in [-0.2, 0) is 14.5 Å². The standard InChI is InChI=1S/C20H24N6O2S/c27-29(12-2-1-3-13-29)25-17-14-18(26-8-10-28-11-9-26)23-19-15(17)4-6-21-20(19)16-5-7-22-24-16/h4-7,14H,1-3,8-13H2,(H,22,24). The minimum Gasteiger partial charge on any atom is -0.378 e. The van der Waals surface area contributed by atoms with Gasteiger partial charge in [0.25, 0.3) is 0 Å². The molecule has 8 nitrogen and oxygen atoms in total. The molecule has 0 saturated carbocycles. The number of rotatable bonds is 3. The van der Waals surface area contributed by atoms with Crippen LogP contribution in [0.3, 0.4) is 0 Å². The molecule has 5 rings (SSSR count). The zero-order valence-electron chi connectivity index (χ0n) is 16.2. The number of H-pyrrole nitrogens is 1. The zero-order valence-corrected chi connectivity index (χ0v) is 17.0. The maximum Gasteiger partial charge on any atom is 0.131 e. The lowest BCUT2D eigenvalue weighted by Crippen LogP contribution is -2.36. The van der Waals surface area contributed by atoms with Crippen molar-refractivity contribution in [2.24, 2.45) is 4.36 Å². The lowest BCUT2D eigenvalue weighted by Gasteiger charge is -2.28. The molecule has 2 aliphatic rings. The van der Waals surface area contributed by atoms with Crippen LogP contribution in [0, 0.1) is 0 Å². The van der Waals surface area contributed by atoms with Crippen LogP contribution in [0.15, 0.2) is 35.0 Å². The van der Waals surface area contributed by atoms with Crippen LogP contribution in [0.4, 0.5) is 11.5 Å². The number of anilines is 1. The van der Waals surface area contributed by atoms with Crippen molar-refractivity contribution in [2.45, 2.75) is 19.3 Å². The van der Waals surface area contributed by atoms with E-state index >= 15 is 0 Å². The summed E-state index contributed by atoms with van der Waals surface area (Å²) in [6.07, 6.45) is 6.54. The Morgan fingerprint density at radius 2 is 1.93 bits per heavy atom. The van der Waals surface area contributed by atoms with Gasteiger partial charge in [-0.3, -0.25) is 10.1 Å². The van der Waals surface area contributed by atoms with Gasteiger partial charge in [0.2, 0.25) is 0 Å². The monoisotopic (exact) mass is 412 g/mol. The van der Waals surface area contributed by atoms with Gasteiger partial charge in [0, 0.05) is 48.4 Å². The number of morpholine rings is 1. The molecule has 0 spiro atoms. The minimum absolute atomic E-state index is 0.669. The average molecular weight is 413 g/mol. The zero-order chi connectivity index (χ0) is 19.7. The summed E-state index contributed by atoms with van der Waals surface area (Å²) in [5, 5.41) is 7.91. The number of aromatic amines is 1. The summed E-state index contributed by atoms with van der Waals surface area (Å²) < 4.78 is 23.7. The lowest BCUT2D eigenvalue weighted by molar-refractivity contribution is 0.122. The highest BCUT2D eigenvalue weighted by Crippen LogP contribution is 2.35. The van der Waals surface area contributed by atoms with Crippen LogP contribution >= 0.6 is 0 Å². The summed E-state index contributed by atoms with van der Waals surface area (Å²) in [7, 11) is -2.24. The van der Waals surface area contributed by atoms with Crippen LogP contribution < -0.4 is 4.90 Å². The fourth-order valence-electron chi connectivity index (χ4n) is 3.94. The molecule has 29 heavy (non-hydrogen) atoms. The van der Waals surface area contributed by atoms with Gasteiger partial charge in [-0.15, -0.1) is 0 Å². The summed E-state index contributed by atoms with van der Waals surface area (Å²) in [5.41, 5.74) is 3.02. The smallest absolute Gasteiger partial charge is 0.131 e. The third-order valence-corrected chi connectivity index (χ3v) is 7.86. The van der Waals surface area contributed by atoms with Crippen molar-refractivity contribution in [3.8, 4) is 11.4 Å². The molecule has 2 fully saturated rings. The predicted octanol–water partition coefficient (Wildman–Crippen LogP) is 3.14. The second-order valence-electron chi connectivity index (χ2n) is 7.46. The molecule has 0 unspecified atom stereocenters. The molecule has 0 aliphatic carbocycles. The fourth-order valence-corrected chi connectivity index (χ4v) is 6.15. The van der Waals surface area contributed by atoms with Gasteiger partial charge in [0.05, 0.1) is 34.3 Å². The second-order valence-corrected chi connectivity index (χ2v) is 10.0. The van der Waals surface area contributed by atoms with Gasteiger partial charge in [0.15, 0.2) is 0 Å². The Hall–Kier alpha value is -2.52. The fraction of sp³-hybridized carbons (Fsp3) is 0.450. The molecule has 0 aromatic carbocycles. The Morgan fingerprint density at radius 3 is 2.69 bits per heavy atom. The van der Waals surface area contributed by atoms with Gasteiger partial charge in [-0.1, -0.05) is 6.42 Å². The quantitative estimate of drug-likeness (QED) is 0.710. The Balaban J connectivity index is 1.73. The van der Waals surface area contributed by atoms with Crippen molar-refractivity contribution in [3.05, 3.63) is 30.6 Å². The number of pyridine rings is 2. The summed E-state index contributed by atoms with van der Waals surface area (Å²) in [6.45, 7) is 2.88. The van der Waals surface area contributed by atoms with E-state index in [2.05, 4.69) is 20.1 Å². The second kappa shape index (κ2) is 7.72. The molecule has 2 aliphatic heterocycles. The Labute approximate surface area is 169 Å². The van der Waals surface area contributed by atoms with Crippen molar-refractivity contribution in [1.82, 2.24) is 20.2 Å². The summed E-state index contributed by atoms with van der Waals surface area (Å²) in [5.74, 6) is 2.16. The van der Waals surface area contributed by atoms with Crippen LogP contribution in [0.1, 0.15) is 19.3 Å². The van der Waals surface area contributed by atoms with Crippen LogP contribution in [0.25, 0.3) is 22.3 Å². The van der Waals surface area contributed by atoms with E-state index in [1.165, 1.54) is 0 Å². The first kappa shape index (κ1) is 18.5. The van der Waals surface area contributed by atoms with Crippen molar-refractivity contribution in [1.29, 1.82) is 0 Å². The van der Waals surface area contributed by atoms with Gasteiger partial charge >= 0.3 is 0 Å². The van der Waals surface area contributed by atoms with Crippen molar-refractivity contribution >= 4 is 32.1 Å². The molecule has 5 heterocycles. The van der Waals surface area contributed by atoms with Crippen LogP contribution in [0.2, 0.25) is 0 Å². The van der Waals surface area contributed by atoms with E-state index in [9.17, 15) is 4.21 Å². The molecule has 0 bridgehead atoms. The Bertz CT molecular complexity index is 1120. The highest BCUT2D eigenvalue weighted by molar-refractivity contribution is 7.93. The maximum absolute atomic E-state index is 13.4. The van der Waals surface area contributed by atoms with E-state index < -0.39 is 9.73 Å².